The Labute approximate surface area is 120 Å². The lowest BCUT2D eigenvalue weighted by Crippen LogP contribution is -2.39. The van der Waals surface area contributed by atoms with Crippen LogP contribution in [0.25, 0.3) is 0 Å². The molecule has 0 saturated heterocycles. The number of hydrogen-bond donors (Lipinski definition) is 2. The second-order valence-electron chi connectivity index (χ2n) is 5.31. The number of amidine groups is 1. The Balaban J connectivity index is 2.92. The summed E-state index contributed by atoms with van der Waals surface area (Å²) >= 11 is 0. The van der Waals surface area contributed by atoms with Crippen LogP contribution < -0.4 is 5.73 Å². The molecule has 1 aromatic carbocycles. The van der Waals surface area contributed by atoms with Crippen molar-refractivity contribution in [1.29, 1.82) is 0 Å². The van der Waals surface area contributed by atoms with Crippen LogP contribution >= 0.6 is 0 Å². The van der Waals surface area contributed by atoms with Crippen LogP contribution in [0, 0.1) is 5.92 Å². The lowest BCUT2D eigenvalue weighted by molar-refractivity contribution is -0.130. The van der Waals surface area contributed by atoms with Gasteiger partial charge in [-0.1, -0.05) is 49.3 Å². The van der Waals surface area contributed by atoms with Crippen molar-refractivity contribution < 1.29 is 10.0 Å². The molecule has 5 heteroatoms. The topological polar surface area (TPSA) is 78.9 Å². The van der Waals surface area contributed by atoms with E-state index in [9.17, 15) is 4.79 Å². The molecule has 0 saturated carbocycles. The zero-order valence-electron chi connectivity index (χ0n) is 12.3. The van der Waals surface area contributed by atoms with E-state index >= 15 is 0 Å². The van der Waals surface area contributed by atoms with Gasteiger partial charge in [0.25, 0.3) is 0 Å². The van der Waals surface area contributed by atoms with Crippen molar-refractivity contribution >= 4 is 11.7 Å². The summed E-state index contributed by atoms with van der Waals surface area (Å²) in [5.74, 6) is -0.465. The van der Waals surface area contributed by atoms with Crippen molar-refractivity contribution in [1.82, 2.24) is 4.90 Å². The van der Waals surface area contributed by atoms with E-state index < -0.39 is 5.92 Å². The number of nitrogens with zero attached hydrogens (tertiary/aromatic N) is 2. The van der Waals surface area contributed by atoms with E-state index in [0.717, 1.165) is 12.0 Å². The fourth-order valence-corrected chi connectivity index (χ4v) is 1.93. The minimum Gasteiger partial charge on any atom is -0.409 e. The van der Waals surface area contributed by atoms with Crippen LogP contribution in [0.5, 0.6) is 0 Å². The molecule has 1 unspecified atom stereocenters. The summed E-state index contributed by atoms with van der Waals surface area (Å²) in [4.78, 5) is 14.1. The molecule has 0 aliphatic carbocycles. The quantitative estimate of drug-likeness (QED) is 0.361. The maximum absolute atomic E-state index is 12.5. The Morgan fingerprint density at radius 2 is 1.95 bits per heavy atom. The Morgan fingerprint density at radius 1 is 1.35 bits per heavy atom. The minimum atomic E-state index is -0.738. The molecule has 1 aromatic rings. The molecule has 0 bridgehead atoms. The van der Waals surface area contributed by atoms with E-state index in [1.165, 1.54) is 0 Å². The summed E-state index contributed by atoms with van der Waals surface area (Å²) in [5, 5.41) is 11.9. The van der Waals surface area contributed by atoms with Gasteiger partial charge in [0.15, 0.2) is 5.84 Å². The second kappa shape index (κ2) is 7.53. The van der Waals surface area contributed by atoms with E-state index in [-0.39, 0.29) is 11.7 Å². The molecule has 5 nitrogen and oxygen atoms in total. The van der Waals surface area contributed by atoms with Crippen LogP contribution in [0.15, 0.2) is 35.5 Å². The average molecular weight is 277 g/mol. The monoisotopic (exact) mass is 277 g/mol. The SMILES string of the molecule is CC(C)CCN(C)C(=O)C(C(N)=NO)c1ccccc1. The molecule has 0 aromatic heterocycles. The molecule has 0 heterocycles. The Bertz CT molecular complexity index is 457. The van der Waals surface area contributed by atoms with Gasteiger partial charge >= 0.3 is 0 Å². The highest BCUT2D eigenvalue weighted by Crippen LogP contribution is 2.19. The molecular weight excluding hydrogens is 254 g/mol. The standard InChI is InChI=1S/C15H23N3O2/c1-11(2)9-10-18(3)15(19)13(14(16)17-20)12-7-5-4-6-8-12/h4-8,11,13,20H,9-10H2,1-3H3,(H2,16,17). The van der Waals surface area contributed by atoms with Crippen LogP contribution in [-0.2, 0) is 4.79 Å². The fraction of sp³-hybridized carbons (Fsp3) is 0.467. The number of benzene rings is 1. The lowest BCUT2D eigenvalue weighted by Gasteiger charge is -2.24. The molecule has 1 rings (SSSR count). The number of carbonyl (C=O) groups is 1. The first kappa shape index (κ1) is 16.0. The molecule has 0 spiro atoms. The van der Waals surface area contributed by atoms with Crippen molar-refractivity contribution in [2.45, 2.75) is 26.2 Å². The summed E-state index contributed by atoms with van der Waals surface area (Å²) in [6, 6.07) is 9.12. The number of nitrogens with two attached hydrogens (primary N) is 1. The summed E-state index contributed by atoms with van der Waals surface area (Å²) in [6.07, 6.45) is 0.917. The van der Waals surface area contributed by atoms with Crippen molar-refractivity contribution in [3.05, 3.63) is 35.9 Å². The Morgan fingerprint density at radius 3 is 2.45 bits per heavy atom. The van der Waals surface area contributed by atoms with Crippen LogP contribution in [-0.4, -0.2) is 35.4 Å². The van der Waals surface area contributed by atoms with Gasteiger partial charge in [0.05, 0.1) is 0 Å². The molecule has 1 amide bonds. The largest absolute Gasteiger partial charge is 0.409 e. The smallest absolute Gasteiger partial charge is 0.237 e. The maximum Gasteiger partial charge on any atom is 0.237 e. The maximum atomic E-state index is 12.5. The highest BCUT2D eigenvalue weighted by Gasteiger charge is 2.27. The molecule has 0 fully saturated rings. The molecule has 0 aliphatic rings. The van der Waals surface area contributed by atoms with Crippen LogP contribution in [0.3, 0.4) is 0 Å². The average Bonchev–Trinajstić information content (AvgIpc) is 2.45. The molecular formula is C15H23N3O2. The first-order valence-corrected chi connectivity index (χ1v) is 6.74. The van der Waals surface area contributed by atoms with Gasteiger partial charge in [-0.05, 0) is 17.9 Å². The number of amides is 1. The summed E-state index contributed by atoms with van der Waals surface area (Å²) in [5.41, 5.74) is 6.42. The third-order valence-corrected chi connectivity index (χ3v) is 3.21. The summed E-state index contributed by atoms with van der Waals surface area (Å²) in [7, 11) is 1.74. The molecule has 110 valence electrons. The van der Waals surface area contributed by atoms with Gasteiger partial charge < -0.3 is 15.8 Å². The van der Waals surface area contributed by atoms with Gasteiger partial charge in [-0.3, -0.25) is 4.79 Å². The molecule has 0 aliphatic heterocycles. The third kappa shape index (κ3) is 4.26. The first-order valence-electron chi connectivity index (χ1n) is 6.74. The Kier molecular flexibility index (Phi) is 6.03. The zero-order chi connectivity index (χ0) is 15.1. The van der Waals surface area contributed by atoms with Crippen LogP contribution in [0.2, 0.25) is 0 Å². The molecule has 20 heavy (non-hydrogen) atoms. The number of carbonyl (C=O) groups excluding carboxylic acids is 1. The van der Waals surface area contributed by atoms with Crippen molar-refractivity contribution in [3.8, 4) is 0 Å². The van der Waals surface area contributed by atoms with Crippen molar-refractivity contribution in [3.63, 3.8) is 0 Å². The zero-order valence-corrected chi connectivity index (χ0v) is 12.3. The highest BCUT2D eigenvalue weighted by molar-refractivity contribution is 6.07. The number of rotatable bonds is 6. The Hall–Kier alpha value is -2.04. The predicted molar refractivity (Wildman–Crippen MR) is 79.7 cm³/mol. The van der Waals surface area contributed by atoms with Gasteiger partial charge in [-0.15, -0.1) is 0 Å². The van der Waals surface area contributed by atoms with Gasteiger partial charge in [0.2, 0.25) is 5.91 Å². The third-order valence-electron chi connectivity index (χ3n) is 3.21. The molecule has 0 radical (unpaired) electrons. The second-order valence-corrected chi connectivity index (χ2v) is 5.31. The van der Waals surface area contributed by atoms with Gasteiger partial charge in [0.1, 0.15) is 5.92 Å². The van der Waals surface area contributed by atoms with E-state index in [1.54, 1.807) is 24.1 Å². The van der Waals surface area contributed by atoms with E-state index in [1.807, 2.05) is 18.2 Å². The highest BCUT2D eigenvalue weighted by atomic mass is 16.4. The van der Waals surface area contributed by atoms with E-state index in [2.05, 4.69) is 19.0 Å². The number of likely N-dealkylation sites (N-methyl/N-ethyl adjacent to an activating group) is 1. The molecule has 3 N–H and O–H groups in total. The lowest BCUT2D eigenvalue weighted by atomic mass is 9.96. The number of hydrogen-bond acceptors (Lipinski definition) is 3. The van der Waals surface area contributed by atoms with Gasteiger partial charge in [-0.2, -0.15) is 0 Å². The first-order chi connectivity index (χ1) is 9.47. The van der Waals surface area contributed by atoms with Crippen LogP contribution in [0.4, 0.5) is 0 Å². The molecule has 1 atom stereocenters. The predicted octanol–water partition coefficient (Wildman–Crippen LogP) is 2.02. The van der Waals surface area contributed by atoms with Crippen molar-refractivity contribution in [2.75, 3.05) is 13.6 Å². The van der Waals surface area contributed by atoms with Crippen LogP contribution in [0.1, 0.15) is 31.7 Å². The summed E-state index contributed by atoms with van der Waals surface area (Å²) in [6.45, 7) is 4.87. The van der Waals surface area contributed by atoms with Gasteiger partial charge in [0, 0.05) is 13.6 Å². The van der Waals surface area contributed by atoms with Crippen molar-refractivity contribution in [2.24, 2.45) is 16.8 Å². The summed E-state index contributed by atoms with van der Waals surface area (Å²) < 4.78 is 0. The number of oxime groups is 1. The normalized spacial score (nSPS) is 13.3. The minimum absolute atomic E-state index is 0.0856. The van der Waals surface area contributed by atoms with Gasteiger partial charge in [-0.25, -0.2) is 0 Å². The van der Waals surface area contributed by atoms with E-state index in [0.29, 0.717) is 12.5 Å². The fourth-order valence-electron chi connectivity index (χ4n) is 1.93. The van der Waals surface area contributed by atoms with E-state index in [4.69, 9.17) is 10.9 Å².